The Balaban J connectivity index is 2.74. The zero-order valence-electron chi connectivity index (χ0n) is 6.40. The summed E-state index contributed by atoms with van der Waals surface area (Å²) < 4.78 is 22.2. The molecule has 1 saturated heterocycles. The SMILES string of the molecule is N#CC1CS(=O)(=O)CC(CO)N1. The number of aliphatic hydroxyl groups excluding tert-OH is 1. The Morgan fingerprint density at radius 3 is 2.75 bits per heavy atom. The number of sulfone groups is 1. The first-order valence-electron chi connectivity index (χ1n) is 3.54. The Hall–Kier alpha value is -0.640. The van der Waals surface area contributed by atoms with E-state index in [1.54, 1.807) is 0 Å². The second-order valence-corrected chi connectivity index (χ2v) is 4.96. The predicted octanol–water partition coefficient (Wildman–Crippen LogP) is -1.74. The van der Waals surface area contributed by atoms with E-state index in [1.807, 2.05) is 6.07 Å². The zero-order chi connectivity index (χ0) is 9.19. The summed E-state index contributed by atoms with van der Waals surface area (Å²) in [6.45, 7) is -0.253. The average molecular weight is 190 g/mol. The minimum atomic E-state index is -3.15. The van der Waals surface area contributed by atoms with Crippen molar-refractivity contribution in [1.29, 1.82) is 5.26 Å². The Kier molecular flexibility index (Phi) is 2.67. The van der Waals surface area contributed by atoms with E-state index in [9.17, 15) is 8.42 Å². The van der Waals surface area contributed by atoms with Gasteiger partial charge in [0.05, 0.1) is 24.2 Å². The molecule has 6 heteroatoms. The molecule has 68 valence electrons. The van der Waals surface area contributed by atoms with Crippen LogP contribution >= 0.6 is 0 Å². The lowest BCUT2D eigenvalue weighted by molar-refractivity contribution is 0.246. The van der Waals surface area contributed by atoms with Crippen molar-refractivity contribution < 1.29 is 13.5 Å². The van der Waals surface area contributed by atoms with Crippen molar-refractivity contribution in [3.63, 3.8) is 0 Å². The Labute approximate surface area is 70.9 Å². The molecule has 2 atom stereocenters. The maximum absolute atomic E-state index is 11.1. The van der Waals surface area contributed by atoms with Crippen molar-refractivity contribution in [2.24, 2.45) is 0 Å². The number of hydrogen-bond donors (Lipinski definition) is 2. The molecule has 2 unspecified atom stereocenters. The third-order valence-corrected chi connectivity index (χ3v) is 3.44. The van der Waals surface area contributed by atoms with Crippen LogP contribution in [0.3, 0.4) is 0 Å². The van der Waals surface area contributed by atoms with Crippen molar-refractivity contribution >= 4 is 9.84 Å². The summed E-state index contributed by atoms with van der Waals surface area (Å²) in [7, 11) is -3.15. The Morgan fingerprint density at radius 1 is 1.58 bits per heavy atom. The van der Waals surface area contributed by atoms with Crippen molar-refractivity contribution in [2.45, 2.75) is 12.1 Å². The summed E-state index contributed by atoms with van der Waals surface area (Å²) in [6.07, 6.45) is 0. The summed E-state index contributed by atoms with van der Waals surface area (Å²) in [6, 6.07) is 0.650. The molecule has 0 aromatic carbocycles. The van der Waals surface area contributed by atoms with Crippen LogP contribution in [-0.2, 0) is 9.84 Å². The first-order valence-corrected chi connectivity index (χ1v) is 5.36. The molecular formula is C6H10N2O3S. The maximum Gasteiger partial charge on any atom is 0.154 e. The highest BCUT2D eigenvalue weighted by atomic mass is 32.2. The third kappa shape index (κ3) is 2.17. The molecule has 5 nitrogen and oxygen atoms in total. The summed E-state index contributed by atoms with van der Waals surface area (Å²) in [4.78, 5) is 0. The second kappa shape index (κ2) is 3.39. The van der Waals surface area contributed by atoms with Crippen LogP contribution in [0.1, 0.15) is 0 Å². The van der Waals surface area contributed by atoms with Gasteiger partial charge in [0, 0.05) is 6.04 Å². The highest BCUT2D eigenvalue weighted by molar-refractivity contribution is 7.91. The van der Waals surface area contributed by atoms with Gasteiger partial charge in [0.2, 0.25) is 0 Å². The van der Waals surface area contributed by atoms with Gasteiger partial charge in [-0.15, -0.1) is 0 Å². The van der Waals surface area contributed by atoms with E-state index >= 15 is 0 Å². The molecule has 1 fully saturated rings. The van der Waals surface area contributed by atoms with E-state index in [-0.39, 0.29) is 18.1 Å². The second-order valence-electron chi connectivity index (χ2n) is 2.80. The van der Waals surface area contributed by atoms with Gasteiger partial charge in [-0.25, -0.2) is 8.42 Å². The van der Waals surface area contributed by atoms with Crippen LogP contribution in [0, 0.1) is 11.3 Å². The number of nitrogens with zero attached hydrogens (tertiary/aromatic N) is 1. The maximum atomic E-state index is 11.1. The molecule has 0 saturated carbocycles. The number of nitriles is 1. The fourth-order valence-electron chi connectivity index (χ4n) is 1.19. The van der Waals surface area contributed by atoms with Gasteiger partial charge in [-0.05, 0) is 0 Å². The van der Waals surface area contributed by atoms with Gasteiger partial charge in [0.15, 0.2) is 9.84 Å². The summed E-state index contributed by atoms with van der Waals surface area (Å²) in [5.74, 6) is -0.234. The van der Waals surface area contributed by atoms with Crippen molar-refractivity contribution in [1.82, 2.24) is 5.32 Å². The Bertz CT molecular complexity index is 292. The zero-order valence-corrected chi connectivity index (χ0v) is 7.21. The molecule has 1 aliphatic heterocycles. The minimum absolute atomic E-state index is 0.0817. The number of rotatable bonds is 1. The van der Waals surface area contributed by atoms with Crippen molar-refractivity contribution in [3.05, 3.63) is 0 Å². The molecule has 0 radical (unpaired) electrons. The van der Waals surface area contributed by atoms with Crippen molar-refractivity contribution in [3.8, 4) is 6.07 Å². The summed E-state index contributed by atoms with van der Waals surface area (Å²) in [5.41, 5.74) is 0. The average Bonchev–Trinajstić information content (AvgIpc) is 2.01. The minimum Gasteiger partial charge on any atom is -0.395 e. The molecule has 0 aliphatic carbocycles. The van der Waals surface area contributed by atoms with E-state index in [4.69, 9.17) is 10.4 Å². The third-order valence-electron chi connectivity index (χ3n) is 1.69. The highest BCUT2D eigenvalue weighted by Crippen LogP contribution is 2.05. The van der Waals surface area contributed by atoms with E-state index < -0.39 is 21.9 Å². The molecule has 1 rings (SSSR count). The largest absolute Gasteiger partial charge is 0.395 e. The Morgan fingerprint density at radius 2 is 2.25 bits per heavy atom. The topological polar surface area (TPSA) is 90.2 Å². The van der Waals surface area contributed by atoms with Gasteiger partial charge < -0.3 is 5.11 Å². The van der Waals surface area contributed by atoms with E-state index in [2.05, 4.69) is 5.32 Å². The van der Waals surface area contributed by atoms with Gasteiger partial charge in [0.1, 0.15) is 6.04 Å². The summed E-state index contributed by atoms with van der Waals surface area (Å²) >= 11 is 0. The van der Waals surface area contributed by atoms with Crippen LogP contribution in [0.15, 0.2) is 0 Å². The smallest absolute Gasteiger partial charge is 0.154 e. The molecule has 0 amide bonds. The monoisotopic (exact) mass is 190 g/mol. The van der Waals surface area contributed by atoms with Gasteiger partial charge in [0.25, 0.3) is 0 Å². The van der Waals surface area contributed by atoms with Gasteiger partial charge in [-0.1, -0.05) is 0 Å². The van der Waals surface area contributed by atoms with Gasteiger partial charge >= 0.3 is 0 Å². The molecule has 0 bridgehead atoms. The number of nitrogens with one attached hydrogen (secondary N) is 1. The van der Waals surface area contributed by atoms with E-state index in [1.165, 1.54) is 0 Å². The van der Waals surface area contributed by atoms with Crippen LogP contribution in [0.2, 0.25) is 0 Å². The fraction of sp³-hybridized carbons (Fsp3) is 0.833. The van der Waals surface area contributed by atoms with E-state index in [0.717, 1.165) is 0 Å². The van der Waals surface area contributed by atoms with Crippen LogP contribution in [0.5, 0.6) is 0 Å². The summed E-state index contributed by atoms with van der Waals surface area (Å²) in [5, 5.41) is 19.9. The van der Waals surface area contributed by atoms with Crippen molar-refractivity contribution in [2.75, 3.05) is 18.1 Å². The molecule has 0 aromatic heterocycles. The quantitative estimate of drug-likeness (QED) is 0.512. The molecule has 12 heavy (non-hydrogen) atoms. The van der Waals surface area contributed by atoms with Gasteiger partial charge in [-0.3, -0.25) is 5.32 Å². The molecule has 2 N–H and O–H groups in total. The van der Waals surface area contributed by atoms with E-state index in [0.29, 0.717) is 0 Å². The number of hydrogen-bond acceptors (Lipinski definition) is 5. The highest BCUT2D eigenvalue weighted by Gasteiger charge is 2.30. The lowest BCUT2D eigenvalue weighted by Gasteiger charge is -2.25. The lowest BCUT2D eigenvalue weighted by atomic mass is 10.3. The first-order chi connectivity index (χ1) is 5.57. The van der Waals surface area contributed by atoms with Crippen LogP contribution in [0.25, 0.3) is 0 Å². The van der Waals surface area contributed by atoms with Gasteiger partial charge in [-0.2, -0.15) is 5.26 Å². The molecule has 1 aliphatic rings. The molecule has 0 spiro atoms. The van der Waals surface area contributed by atoms with Crippen LogP contribution in [0.4, 0.5) is 0 Å². The molecule has 0 aromatic rings. The van der Waals surface area contributed by atoms with Crippen LogP contribution < -0.4 is 5.32 Å². The predicted molar refractivity (Wildman–Crippen MR) is 42.1 cm³/mol. The normalized spacial score (nSPS) is 34.0. The lowest BCUT2D eigenvalue weighted by Crippen LogP contribution is -2.52. The fourth-order valence-corrected chi connectivity index (χ4v) is 2.82. The van der Waals surface area contributed by atoms with Crippen LogP contribution in [-0.4, -0.2) is 43.7 Å². The molecule has 1 heterocycles. The first kappa shape index (κ1) is 9.45. The standard InChI is InChI=1S/C6H10N2O3S/c7-1-5-3-12(10,11)4-6(2-9)8-5/h5-6,8-9H,2-4H2. The number of aliphatic hydroxyl groups is 1. The molecular weight excluding hydrogens is 180 g/mol.